The van der Waals surface area contributed by atoms with Gasteiger partial charge in [-0.3, -0.25) is 0 Å². The van der Waals surface area contributed by atoms with Gasteiger partial charge in [-0.1, -0.05) is 12.1 Å². The van der Waals surface area contributed by atoms with Gasteiger partial charge in [0, 0.05) is 13.1 Å². The predicted octanol–water partition coefficient (Wildman–Crippen LogP) is 3.34. The molecule has 0 aromatic heterocycles. The second kappa shape index (κ2) is 7.30. The second-order valence-corrected chi connectivity index (χ2v) is 2.86. The largest absolute Gasteiger partial charge is 0.226 e. The van der Waals surface area contributed by atoms with Crippen LogP contribution in [0.25, 0.3) is 0 Å². The molecule has 0 aliphatic heterocycles. The summed E-state index contributed by atoms with van der Waals surface area (Å²) in [5.41, 5.74) is 1.44. The number of aliphatic imine (C=N–C) groups is 4. The molecule has 0 unspecified atom stereocenters. The average Bonchev–Trinajstić information content (AvgIpc) is 2.32. The maximum atomic E-state index is 4.08. The molecule has 0 bridgehead atoms. The van der Waals surface area contributed by atoms with Crippen LogP contribution in [-0.2, 0) is 0 Å². The summed E-state index contributed by atoms with van der Waals surface area (Å²) in [4.78, 5) is 16.0. The van der Waals surface area contributed by atoms with Crippen LogP contribution in [-0.4, -0.2) is 25.1 Å². The molecule has 0 spiro atoms. The molecular weight excluding hydrogens is 200 g/mol. The van der Waals surface area contributed by atoms with E-state index in [1.54, 1.807) is 0 Å². The van der Waals surface area contributed by atoms with Crippen LogP contribution in [0, 0.1) is 0 Å². The van der Waals surface area contributed by atoms with Gasteiger partial charge >= 0.3 is 0 Å². The summed E-state index contributed by atoms with van der Waals surface area (Å²) in [5.74, 6) is 0. The Balaban J connectivity index is 3.01. The van der Waals surface area contributed by atoms with E-state index in [4.69, 9.17) is 0 Å². The Morgan fingerprint density at radius 2 is 1.31 bits per heavy atom. The maximum absolute atomic E-state index is 4.08. The molecule has 82 valence electrons. The smallest absolute Gasteiger partial charge is 0.101 e. The fraction of sp³-hybridized carbons (Fsp3) is 0.333. The van der Waals surface area contributed by atoms with E-state index in [2.05, 4.69) is 32.0 Å². The monoisotopic (exact) mass is 214 g/mol. The van der Waals surface area contributed by atoms with Crippen LogP contribution >= 0.6 is 0 Å². The third kappa shape index (κ3) is 4.01. The lowest BCUT2D eigenvalue weighted by molar-refractivity contribution is 1.14. The van der Waals surface area contributed by atoms with Crippen molar-refractivity contribution in [1.82, 2.24) is 0 Å². The van der Waals surface area contributed by atoms with Gasteiger partial charge in [-0.25, -0.2) is 9.98 Å². The SMILES string of the molecule is CCN=C=Nc1ccccc1N=C=NCC. The molecular formula is C12H14N4. The lowest BCUT2D eigenvalue weighted by Crippen LogP contribution is -1.69. The summed E-state index contributed by atoms with van der Waals surface area (Å²) in [5, 5.41) is 0. The zero-order chi connectivity index (χ0) is 11.6. The van der Waals surface area contributed by atoms with E-state index < -0.39 is 0 Å². The van der Waals surface area contributed by atoms with E-state index in [0.717, 1.165) is 11.4 Å². The van der Waals surface area contributed by atoms with Crippen LogP contribution in [0.4, 0.5) is 11.4 Å². The van der Waals surface area contributed by atoms with Gasteiger partial charge < -0.3 is 0 Å². The third-order valence-corrected chi connectivity index (χ3v) is 1.68. The topological polar surface area (TPSA) is 49.4 Å². The van der Waals surface area contributed by atoms with Gasteiger partial charge in [0.1, 0.15) is 11.4 Å². The maximum Gasteiger partial charge on any atom is 0.101 e. The van der Waals surface area contributed by atoms with E-state index in [9.17, 15) is 0 Å². The van der Waals surface area contributed by atoms with E-state index >= 15 is 0 Å². The summed E-state index contributed by atoms with van der Waals surface area (Å²) in [6.07, 6.45) is 0. The summed E-state index contributed by atoms with van der Waals surface area (Å²) in [7, 11) is 0. The van der Waals surface area contributed by atoms with Crippen molar-refractivity contribution in [3.8, 4) is 0 Å². The van der Waals surface area contributed by atoms with Gasteiger partial charge in [-0.15, -0.1) is 0 Å². The Morgan fingerprint density at radius 1 is 0.875 bits per heavy atom. The van der Waals surface area contributed by atoms with Crippen LogP contribution < -0.4 is 0 Å². The van der Waals surface area contributed by atoms with E-state index in [1.807, 2.05) is 38.1 Å². The zero-order valence-corrected chi connectivity index (χ0v) is 9.51. The summed E-state index contributed by atoms with van der Waals surface area (Å²) in [6, 6.07) is 12.7. The molecule has 0 aliphatic carbocycles. The van der Waals surface area contributed by atoms with Crippen LogP contribution in [0.1, 0.15) is 13.8 Å². The van der Waals surface area contributed by atoms with Crippen molar-refractivity contribution >= 4 is 23.4 Å². The first-order valence-corrected chi connectivity index (χ1v) is 5.22. The van der Waals surface area contributed by atoms with Crippen molar-refractivity contribution in [2.24, 2.45) is 20.0 Å². The second-order valence-electron chi connectivity index (χ2n) is 2.86. The minimum Gasteiger partial charge on any atom is -0.226 e. The fourth-order valence-corrected chi connectivity index (χ4v) is 0.973. The first kappa shape index (κ1) is 12.1. The molecule has 0 atom stereocenters. The van der Waals surface area contributed by atoms with Crippen LogP contribution in [0.3, 0.4) is 0 Å². The molecule has 0 amide bonds. The van der Waals surface area contributed by atoms with Gasteiger partial charge in [0.2, 0.25) is 0 Å². The molecule has 0 N–H and O–H groups in total. The van der Waals surface area contributed by atoms with Crippen LogP contribution in [0.5, 0.6) is 0 Å². The summed E-state index contributed by atoms with van der Waals surface area (Å²) < 4.78 is 0. The Bertz CT molecular complexity index is 407. The molecule has 16 heavy (non-hydrogen) atoms. The van der Waals surface area contributed by atoms with Crippen LogP contribution in [0.2, 0.25) is 0 Å². The molecule has 1 rings (SSSR count). The molecule has 1 aromatic rings. The Labute approximate surface area is 95.2 Å². The minimum atomic E-state index is 0.673. The number of hydrogen-bond acceptors (Lipinski definition) is 4. The highest BCUT2D eigenvalue weighted by atomic mass is 14.9. The van der Waals surface area contributed by atoms with Gasteiger partial charge in [-0.05, 0) is 26.0 Å². The van der Waals surface area contributed by atoms with Crippen molar-refractivity contribution in [2.75, 3.05) is 13.1 Å². The molecule has 1 aromatic carbocycles. The number of benzene rings is 1. The highest BCUT2D eigenvalue weighted by molar-refractivity contribution is 5.69. The van der Waals surface area contributed by atoms with E-state index in [-0.39, 0.29) is 0 Å². The lowest BCUT2D eigenvalue weighted by atomic mass is 10.3. The van der Waals surface area contributed by atoms with E-state index in [1.165, 1.54) is 0 Å². The lowest BCUT2D eigenvalue weighted by Gasteiger charge is -1.94. The normalized spacial score (nSPS) is 8.62. The molecule has 0 saturated heterocycles. The fourth-order valence-electron chi connectivity index (χ4n) is 0.973. The van der Waals surface area contributed by atoms with Crippen molar-refractivity contribution in [1.29, 1.82) is 0 Å². The Kier molecular flexibility index (Phi) is 5.49. The molecule has 0 fully saturated rings. The van der Waals surface area contributed by atoms with Gasteiger partial charge in [0.05, 0.1) is 12.0 Å². The number of rotatable bonds is 4. The van der Waals surface area contributed by atoms with Gasteiger partial charge in [-0.2, -0.15) is 9.98 Å². The van der Waals surface area contributed by atoms with Crippen molar-refractivity contribution in [3.63, 3.8) is 0 Å². The van der Waals surface area contributed by atoms with Crippen LogP contribution in [0.15, 0.2) is 44.2 Å². The quantitative estimate of drug-likeness (QED) is 0.690. The molecule has 4 nitrogen and oxygen atoms in total. The molecule has 0 heterocycles. The van der Waals surface area contributed by atoms with Crippen molar-refractivity contribution < 1.29 is 0 Å². The standard InChI is InChI=1S/C12H14N4/c1-3-13-9-15-11-7-5-6-8-12(11)16-10-14-4-2/h5-8H,3-4H2,1-2H3. The van der Waals surface area contributed by atoms with E-state index in [0.29, 0.717) is 13.1 Å². The number of hydrogen-bond donors (Lipinski definition) is 0. The Morgan fingerprint density at radius 3 is 1.69 bits per heavy atom. The highest BCUT2D eigenvalue weighted by Gasteiger charge is 1.95. The summed E-state index contributed by atoms with van der Waals surface area (Å²) in [6.45, 7) is 5.21. The van der Waals surface area contributed by atoms with Gasteiger partial charge in [0.25, 0.3) is 0 Å². The van der Waals surface area contributed by atoms with Crippen molar-refractivity contribution in [2.45, 2.75) is 13.8 Å². The average molecular weight is 214 g/mol. The zero-order valence-electron chi connectivity index (χ0n) is 9.51. The minimum absolute atomic E-state index is 0.673. The molecule has 0 saturated carbocycles. The highest BCUT2D eigenvalue weighted by Crippen LogP contribution is 2.25. The molecule has 0 aliphatic rings. The third-order valence-electron chi connectivity index (χ3n) is 1.68. The molecule has 4 heteroatoms. The first-order valence-electron chi connectivity index (χ1n) is 5.22. The predicted molar refractivity (Wildman–Crippen MR) is 66.6 cm³/mol. The van der Waals surface area contributed by atoms with Crippen molar-refractivity contribution in [3.05, 3.63) is 24.3 Å². The first-order chi connectivity index (χ1) is 7.88. The number of nitrogens with zero attached hydrogens (tertiary/aromatic N) is 4. The van der Waals surface area contributed by atoms with Gasteiger partial charge in [0.15, 0.2) is 0 Å². The number of para-hydroxylation sites is 2. The molecule has 0 radical (unpaired) electrons. The summed E-state index contributed by atoms with van der Waals surface area (Å²) >= 11 is 0. The Hall–Kier alpha value is -2.02.